The van der Waals surface area contributed by atoms with Crippen LogP contribution in [0, 0.1) is 41.2 Å². The van der Waals surface area contributed by atoms with Crippen molar-refractivity contribution in [1.29, 1.82) is 0 Å². The van der Waals surface area contributed by atoms with Gasteiger partial charge in [0.05, 0.1) is 0 Å². The average Bonchev–Trinajstić information content (AvgIpc) is 2.85. The summed E-state index contributed by atoms with van der Waals surface area (Å²) in [4.78, 5) is 0. The molecular weight excluding hydrogens is 422 g/mol. The molecule has 0 aromatic heterocycles. The molecule has 3 aliphatic rings. The second-order valence-corrected chi connectivity index (χ2v) is 12.3. The van der Waals surface area contributed by atoms with E-state index in [0.717, 1.165) is 48.0 Å². The van der Waals surface area contributed by atoms with Crippen molar-refractivity contribution in [2.24, 2.45) is 29.6 Å². The van der Waals surface area contributed by atoms with Crippen molar-refractivity contribution < 1.29 is 8.78 Å². The second kappa shape index (κ2) is 12.9. The summed E-state index contributed by atoms with van der Waals surface area (Å²) in [6, 6.07) is 3.27. The van der Waals surface area contributed by atoms with Crippen LogP contribution in [0.1, 0.15) is 140 Å². The molecule has 0 N–H and O–H groups in total. The minimum absolute atomic E-state index is 0.249. The van der Waals surface area contributed by atoms with Crippen molar-refractivity contribution in [3.8, 4) is 0 Å². The molecule has 192 valence electrons. The lowest BCUT2D eigenvalue weighted by Crippen LogP contribution is -2.31. The minimum atomic E-state index is -0.339. The second-order valence-electron chi connectivity index (χ2n) is 12.3. The number of hydrogen-bond acceptors (Lipinski definition) is 0. The fourth-order valence-corrected chi connectivity index (χ4v) is 7.89. The molecule has 1 aromatic rings. The zero-order chi connectivity index (χ0) is 23.9. The highest BCUT2D eigenvalue weighted by Crippen LogP contribution is 2.49. The van der Waals surface area contributed by atoms with E-state index in [1.165, 1.54) is 96.3 Å². The third kappa shape index (κ3) is 6.85. The van der Waals surface area contributed by atoms with Gasteiger partial charge in [-0.25, -0.2) is 8.78 Å². The first-order chi connectivity index (χ1) is 16.6. The van der Waals surface area contributed by atoms with Crippen molar-refractivity contribution in [1.82, 2.24) is 0 Å². The van der Waals surface area contributed by atoms with Crippen LogP contribution in [-0.2, 0) is 6.42 Å². The van der Waals surface area contributed by atoms with Crippen LogP contribution in [-0.4, -0.2) is 0 Å². The van der Waals surface area contributed by atoms with Gasteiger partial charge >= 0.3 is 0 Å². The van der Waals surface area contributed by atoms with Gasteiger partial charge in [0.1, 0.15) is 11.6 Å². The van der Waals surface area contributed by atoms with Crippen molar-refractivity contribution in [2.45, 2.75) is 135 Å². The first kappa shape index (κ1) is 26.2. The summed E-state index contributed by atoms with van der Waals surface area (Å²) < 4.78 is 28.7. The third-order valence-electron chi connectivity index (χ3n) is 10.1. The van der Waals surface area contributed by atoms with Gasteiger partial charge in [-0.1, -0.05) is 90.9 Å². The first-order valence-electron chi connectivity index (χ1n) is 15.0. The largest absolute Gasteiger partial charge is 0.207 e. The minimum Gasteiger partial charge on any atom is -0.207 e. The van der Waals surface area contributed by atoms with Crippen LogP contribution in [0.3, 0.4) is 0 Å². The predicted molar refractivity (Wildman–Crippen MR) is 140 cm³/mol. The predicted octanol–water partition coefficient (Wildman–Crippen LogP) is 10.4. The molecule has 0 spiro atoms. The first-order valence-corrected chi connectivity index (χ1v) is 15.0. The maximum atomic E-state index is 14.4. The number of rotatable bonds is 10. The summed E-state index contributed by atoms with van der Waals surface area (Å²) in [5.74, 6) is 4.26. The molecule has 0 radical (unpaired) electrons. The third-order valence-corrected chi connectivity index (χ3v) is 10.1. The number of benzene rings is 1. The van der Waals surface area contributed by atoms with Gasteiger partial charge in [0.2, 0.25) is 0 Å². The highest BCUT2D eigenvalue weighted by molar-refractivity contribution is 5.29. The van der Waals surface area contributed by atoms with Crippen molar-refractivity contribution in [2.75, 3.05) is 0 Å². The van der Waals surface area contributed by atoms with E-state index in [1.54, 1.807) is 12.1 Å². The molecule has 0 bridgehead atoms. The molecule has 2 heteroatoms. The lowest BCUT2D eigenvalue weighted by Gasteiger charge is -2.43. The SMILES string of the molecule is CCCCCCC1CCC(CCC2CCC3CC(c4cc(F)c(CC)c(F)c4)CCC3C2)CC1. The van der Waals surface area contributed by atoms with Gasteiger partial charge in [-0.2, -0.15) is 0 Å². The monoisotopic (exact) mass is 472 g/mol. The van der Waals surface area contributed by atoms with Gasteiger partial charge < -0.3 is 0 Å². The van der Waals surface area contributed by atoms with Crippen molar-refractivity contribution >= 4 is 0 Å². The number of hydrogen-bond donors (Lipinski definition) is 0. The highest BCUT2D eigenvalue weighted by atomic mass is 19.1. The summed E-state index contributed by atoms with van der Waals surface area (Å²) in [6.45, 7) is 4.13. The van der Waals surface area contributed by atoms with E-state index in [0.29, 0.717) is 12.3 Å². The summed E-state index contributed by atoms with van der Waals surface area (Å²) in [5, 5.41) is 0. The highest BCUT2D eigenvalue weighted by Gasteiger charge is 2.36. The summed E-state index contributed by atoms with van der Waals surface area (Å²) in [6.07, 6.45) is 24.1. The molecule has 0 amide bonds. The Morgan fingerprint density at radius 2 is 1.24 bits per heavy atom. The van der Waals surface area contributed by atoms with Crippen molar-refractivity contribution in [3.63, 3.8) is 0 Å². The molecule has 4 unspecified atom stereocenters. The van der Waals surface area contributed by atoms with Gasteiger partial charge in [-0.15, -0.1) is 0 Å². The molecule has 34 heavy (non-hydrogen) atoms. The van der Waals surface area contributed by atoms with E-state index in [9.17, 15) is 8.78 Å². The smallest absolute Gasteiger partial charge is 0.129 e. The van der Waals surface area contributed by atoms with E-state index in [4.69, 9.17) is 0 Å². The van der Waals surface area contributed by atoms with Crippen LogP contribution in [0.4, 0.5) is 8.78 Å². The molecule has 0 saturated heterocycles. The van der Waals surface area contributed by atoms with Crippen LogP contribution >= 0.6 is 0 Å². The maximum absolute atomic E-state index is 14.4. The summed E-state index contributed by atoms with van der Waals surface area (Å²) >= 11 is 0. The van der Waals surface area contributed by atoms with Crippen LogP contribution in [0.5, 0.6) is 0 Å². The number of unbranched alkanes of at least 4 members (excludes halogenated alkanes) is 3. The van der Waals surface area contributed by atoms with Crippen LogP contribution in [0.25, 0.3) is 0 Å². The van der Waals surface area contributed by atoms with E-state index >= 15 is 0 Å². The fourth-order valence-electron chi connectivity index (χ4n) is 7.89. The summed E-state index contributed by atoms with van der Waals surface area (Å²) in [5.41, 5.74) is 1.16. The van der Waals surface area contributed by atoms with Gasteiger partial charge in [0, 0.05) is 5.56 Å². The molecular formula is C32H50F2. The quantitative estimate of drug-likeness (QED) is 0.297. The van der Waals surface area contributed by atoms with E-state index in [1.807, 2.05) is 6.92 Å². The molecule has 4 atom stereocenters. The molecule has 0 nitrogen and oxygen atoms in total. The van der Waals surface area contributed by atoms with Gasteiger partial charge in [0.15, 0.2) is 0 Å². The van der Waals surface area contributed by atoms with E-state index < -0.39 is 0 Å². The molecule has 0 aliphatic heterocycles. The summed E-state index contributed by atoms with van der Waals surface area (Å²) in [7, 11) is 0. The Balaban J connectivity index is 1.17. The van der Waals surface area contributed by atoms with Crippen LogP contribution < -0.4 is 0 Å². The molecule has 0 heterocycles. The molecule has 3 aliphatic carbocycles. The zero-order valence-corrected chi connectivity index (χ0v) is 22.1. The van der Waals surface area contributed by atoms with E-state index in [-0.39, 0.29) is 17.2 Å². The molecule has 4 rings (SSSR count). The van der Waals surface area contributed by atoms with Gasteiger partial charge in [0.25, 0.3) is 0 Å². The zero-order valence-electron chi connectivity index (χ0n) is 22.1. The van der Waals surface area contributed by atoms with Crippen molar-refractivity contribution in [3.05, 3.63) is 34.9 Å². The Labute approximate surface area is 208 Å². The van der Waals surface area contributed by atoms with Crippen LogP contribution in [0.15, 0.2) is 12.1 Å². The fraction of sp³-hybridized carbons (Fsp3) is 0.812. The molecule has 3 fully saturated rings. The lowest BCUT2D eigenvalue weighted by molar-refractivity contribution is 0.108. The Hall–Kier alpha value is -0.920. The van der Waals surface area contributed by atoms with Gasteiger partial charge in [-0.05, 0) is 91.7 Å². The average molecular weight is 473 g/mol. The molecule has 3 saturated carbocycles. The Kier molecular flexibility index (Phi) is 9.89. The Morgan fingerprint density at radius 3 is 1.91 bits per heavy atom. The van der Waals surface area contributed by atoms with E-state index in [2.05, 4.69) is 6.92 Å². The Morgan fingerprint density at radius 1 is 0.647 bits per heavy atom. The Bertz CT molecular complexity index is 724. The standard InChI is InChI=1S/C32H50F2/c1-3-5-6-7-8-23-9-11-24(12-10-23)13-14-25-15-16-27-20-28(18-17-26(27)19-25)29-21-31(33)30(4-2)32(34)22-29/h21-28H,3-20H2,1-2H3. The van der Waals surface area contributed by atoms with Gasteiger partial charge in [-0.3, -0.25) is 0 Å². The normalized spacial score (nSPS) is 31.9. The van der Waals surface area contributed by atoms with Crippen LogP contribution in [0.2, 0.25) is 0 Å². The number of fused-ring (bicyclic) bond motifs is 1. The molecule has 1 aromatic carbocycles. The topological polar surface area (TPSA) is 0 Å². The maximum Gasteiger partial charge on any atom is 0.129 e. The lowest BCUT2D eigenvalue weighted by atomic mass is 9.63. The number of halogens is 2.